The molecule has 4 heteroatoms. The number of rotatable bonds is 3. The Hall–Kier alpha value is -1.84. The van der Waals surface area contributed by atoms with Crippen molar-refractivity contribution in [2.24, 2.45) is 27.1 Å². The molecule has 0 unspecified atom stereocenters. The molecule has 0 fully saturated rings. The summed E-state index contributed by atoms with van der Waals surface area (Å²) in [4.78, 5) is 0. The molecule has 0 atom stereocenters. The number of nitrogens with zero attached hydrogens (tertiary/aromatic N) is 2. The van der Waals surface area contributed by atoms with Crippen LogP contribution >= 0.6 is 0 Å². The molecule has 0 saturated heterocycles. The third-order valence-corrected chi connectivity index (χ3v) is 2.09. The van der Waals surface area contributed by atoms with E-state index < -0.39 is 0 Å². The molecule has 0 heterocycles. The highest BCUT2D eigenvalue weighted by molar-refractivity contribution is 6.01. The van der Waals surface area contributed by atoms with Gasteiger partial charge in [-0.15, -0.1) is 5.10 Å². The van der Waals surface area contributed by atoms with E-state index in [0.29, 0.717) is 0 Å². The summed E-state index contributed by atoms with van der Waals surface area (Å²) in [7, 11) is 0. The van der Waals surface area contributed by atoms with Crippen LogP contribution in [0.3, 0.4) is 0 Å². The summed E-state index contributed by atoms with van der Waals surface area (Å²) in [5, 5.41) is 7.88. The molecule has 4 N–H and O–H groups in total. The smallest absolute Gasteiger partial charge is 0.211 e. The maximum atomic E-state index is 5.30. The lowest BCUT2D eigenvalue weighted by Crippen LogP contribution is -2.22. The van der Waals surface area contributed by atoms with E-state index in [1.165, 1.54) is 0 Å². The average molecular weight is 232 g/mol. The van der Waals surface area contributed by atoms with E-state index in [9.17, 15) is 0 Å². The molecule has 0 spiro atoms. The first-order chi connectivity index (χ1) is 7.88. The summed E-state index contributed by atoms with van der Waals surface area (Å²) in [6, 6.07) is 9.93. The summed E-state index contributed by atoms with van der Waals surface area (Å²) in [6.45, 7) is 6.46. The van der Waals surface area contributed by atoms with E-state index in [1.807, 2.05) is 30.3 Å². The molecule has 0 bridgehead atoms. The largest absolute Gasteiger partial charge is 0.369 e. The van der Waals surface area contributed by atoms with Gasteiger partial charge in [0.15, 0.2) is 0 Å². The zero-order chi connectivity index (χ0) is 12.9. The minimum atomic E-state index is -0.0210. The van der Waals surface area contributed by atoms with E-state index >= 15 is 0 Å². The fourth-order valence-electron chi connectivity index (χ4n) is 1.45. The van der Waals surface area contributed by atoms with E-state index in [0.717, 1.165) is 17.7 Å². The molecule has 92 valence electrons. The van der Waals surface area contributed by atoms with Crippen LogP contribution in [0.1, 0.15) is 32.8 Å². The Balaban J connectivity index is 3.04. The molecule has 0 aliphatic rings. The van der Waals surface area contributed by atoms with Crippen LogP contribution in [0.4, 0.5) is 0 Å². The van der Waals surface area contributed by atoms with Crippen molar-refractivity contribution in [1.82, 2.24) is 0 Å². The van der Waals surface area contributed by atoms with Crippen molar-refractivity contribution in [3.8, 4) is 0 Å². The topological polar surface area (TPSA) is 76.8 Å². The third-order valence-electron chi connectivity index (χ3n) is 2.09. The predicted molar refractivity (Wildman–Crippen MR) is 72.9 cm³/mol. The van der Waals surface area contributed by atoms with E-state index in [1.54, 1.807) is 0 Å². The number of benzene rings is 1. The molecule has 0 amide bonds. The zero-order valence-electron chi connectivity index (χ0n) is 10.6. The first-order valence-corrected chi connectivity index (χ1v) is 5.59. The Morgan fingerprint density at radius 2 is 1.65 bits per heavy atom. The Kier molecular flexibility index (Phi) is 4.26. The van der Waals surface area contributed by atoms with Gasteiger partial charge in [0.05, 0.1) is 5.71 Å². The van der Waals surface area contributed by atoms with Crippen LogP contribution in [0, 0.1) is 5.41 Å². The average Bonchev–Trinajstić information content (AvgIpc) is 2.24. The Morgan fingerprint density at radius 1 is 1.06 bits per heavy atom. The molecule has 0 saturated carbocycles. The highest BCUT2D eigenvalue weighted by Crippen LogP contribution is 2.22. The van der Waals surface area contributed by atoms with Crippen LogP contribution in [0.25, 0.3) is 0 Å². The first-order valence-electron chi connectivity index (χ1n) is 5.59. The number of nitrogens with two attached hydrogens (primary N) is 2. The van der Waals surface area contributed by atoms with Crippen molar-refractivity contribution in [2.45, 2.75) is 27.2 Å². The highest BCUT2D eigenvalue weighted by Gasteiger charge is 2.15. The lowest BCUT2D eigenvalue weighted by molar-refractivity contribution is 0.434. The molecule has 1 aromatic rings. The standard InChI is InChI=1S/C13H20N4/c1-13(2,3)9-11(16-17-12(14)15)10-7-5-4-6-8-10/h4-8H,9H2,1-3H3,(H4,14,15,17)/b16-11-. The van der Waals surface area contributed by atoms with Crippen molar-refractivity contribution in [3.63, 3.8) is 0 Å². The first kappa shape index (κ1) is 13.2. The van der Waals surface area contributed by atoms with E-state index in [-0.39, 0.29) is 11.4 Å². The van der Waals surface area contributed by atoms with Crippen LogP contribution in [-0.4, -0.2) is 11.7 Å². The van der Waals surface area contributed by atoms with Crippen molar-refractivity contribution < 1.29 is 0 Å². The monoisotopic (exact) mass is 232 g/mol. The molecular formula is C13H20N4. The number of guanidine groups is 1. The maximum Gasteiger partial charge on any atom is 0.211 e. The van der Waals surface area contributed by atoms with Gasteiger partial charge < -0.3 is 11.5 Å². The summed E-state index contributed by atoms with van der Waals surface area (Å²) in [5.41, 5.74) is 12.7. The van der Waals surface area contributed by atoms with Crippen molar-refractivity contribution in [2.75, 3.05) is 0 Å². The van der Waals surface area contributed by atoms with Gasteiger partial charge in [0.2, 0.25) is 5.96 Å². The minimum absolute atomic E-state index is 0.0210. The fraction of sp³-hybridized carbons (Fsp3) is 0.385. The van der Waals surface area contributed by atoms with Crippen LogP contribution < -0.4 is 11.5 Å². The highest BCUT2D eigenvalue weighted by atomic mass is 15.3. The minimum Gasteiger partial charge on any atom is -0.369 e. The quantitative estimate of drug-likeness (QED) is 0.475. The Bertz CT molecular complexity index is 409. The molecule has 0 aliphatic heterocycles. The molecule has 0 aromatic heterocycles. The molecule has 0 aliphatic carbocycles. The van der Waals surface area contributed by atoms with Gasteiger partial charge in [-0.05, 0) is 17.4 Å². The second-order valence-corrected chi connectivity index (χ2v) is 5.18. The van der Waals surface area contributed by atoms with Gasteiger partial charge in [0, 0.05) is 0 Å². The Morgan fingerprint density at radius 3 is 2.12 bits per heavy atom. The van der Waals surface area contributed by atoms with Crippen molar-refractivity contribution in [1.29, 1.82) is 0 Å². The van der Waals surface area contributed by atoms with Crippen LogP contribution in [-0.2, 0) is 0 Å². The van der Waals surface area contributed by atoms with E-state index in [2.05, 4.69) is 31.0 Å². The zero-order valence-corrected chi connectivity index (χ0v) is 10.6. The van der Waals surface area contributed by atoms with Gasteiger partial charge in [0.25, 0.3) is 0 Å². The fourth-order valence-corrected chi connectivity index (χ4v) is 1.45. The third kappa shape index (κ3) is 5.15. The van der Waals surface area contributed by atoms with Gasteiger partial charge in [-0.25, -0.2) is 0 Å². The van der Waals surface area contributed by atoms with Crippen LogP contribution in [0.2, 0.25) is 0 Å². The lowest BCUT2D eigenvalue weighted by Gasteiger charge is -2.19. The summed E-state index contributed by atoms with van der Waals surface area (Å²) in [6.07, 6.45) is 0.813. The lowest BCUT2D eigenvalue weighted by atomic mass is 9.87. The Labute approximate surface area is 102 Å². The van der Waals surface area contributed by atoms with Gasteiger partial charge >= 0.3 is 0 Å². The molecule has 17 heavy (non-hydrogen) atoms. The molecule has 1 rings (SSSR count). The normalized spacial score (nSPS) is 12.3. The van der Waals surface area contributed by atoms with Gasteiger partial charge in [-0.1, -0.05) is 51.1 Å². The maximum absolute atomic E-state index is 5.30. The van der Waals surface area contributed by atoms with Crippen molar-refractivity contribution in [3.05, 3.63) is 35.9 Å². The molecule has 0 radical (unpaired) electrons. The summed E-state index contributed by atoms with van der Waals surface area (Å²) >= 11 is 0. The van der Waals surface area contributed by atoms with Crippen LogP contribution in [0.5, 0.6) is 0 Å². The molecular weight excluding hydrogens is 212 g/mol. The van der Waals surface area contributed by atoms with Gasteiger partial charge in [0.1, 0.15) is 0 Å². The second kappa shape index (κ2) is 5.48. The van der Waals surface area contributed by atoms with Crippen LogP contribution in [0.15, 0.2) is 40.5 Å². The summed E-state index contributed by atoms with van der Waals surface area (Å²) < 4.78 is 0. The number of hydrogen-bond acceptors (Lipinski definition) is 2. The van der Waals surface area contributed by atoms with Gasteiger partial charge in [-0.2, -0.15) is 5.10 Å². The molecule has 1 aromatic carbocycles. The second-order valence-electron chi connectivity index (χ2n) is 5.18. The van der Waals surface area contributed by atoms with Crippen molar-refractivity contribution >= 4 is 11.7 Å². The number of hydrogen-bond donors (Lipinski definition) is 2. The molecule has 4 nitrogen and oxygen atoms in total. The summed E-state index contributed by atoms with van der Waals surface area (Å²) in [5.74, 6) is -0.0210. The van der Waals surface area contributed by atoms with Gasteiger partial charge in [-0.3, -0.25) is 0 Å². The predicted octanol–water partition coefficient (Wildman–Crippen LogP) is 2.10. The SMILES string of the molecule is CC(C)(C)C/C(=N/N=C(N)N)c1ccccc1. The van der Waals surface area contributed by atoms with E-state index in [4.69, 9.17) is 11.5 Å².